The predicted octanol–water partition coefficient (Wildman–Crippen LogP) is 42.4. The van der Waals surface area contributed by atoms with Crippen LogP contribution < -0.4 is 4.74 Å². The highest BCUT2D eigenvalue weighted by atomic mass is 32.1. The molecule has 0 radical (unpaired) electrons. The number of aryl methyl sites for hydroxylation is 4. The van der Waals surface area contributed by atoms with E-state index in [1.165, 1.54) is 208 Å². The van der Waals surface area contributed by atoms with Gasteiger partial charge in [0.2, 0.25) is 0 Å². The first-order valence-electron chi connectivity index (χ1n) is 53.6. The molecule has 0 bridgehead atoms. The Balaban J connectivity index is 0.000000331. The Bertz CT molecular complexity index is 5440. The fourth-order valence-electron chi connectivity index (χ4n) is 16.0. The van der Waals surface area contributed by atoms with Gasteiger partial charge >= 0.3 is 0 Å². The van der Waals surface area contributed by atoms with Gasteiger partial charge in [0.1, 0.15) is 63.7 Å². The van der Waals surface area contributed by atoms with E-state index < -0.39 is 0 Å². The standard InChI is InChI=1S/C16H17F.C16H18O.C12H17F.C12H14S.2C11H15F.2C10H13F.C10H20.C9H11F.C9H14O.C8H12S/c1-12(2)11-13-3-5-14(6-4-13)15-7-9-16(17)10-8-15;1-13(2)12-14-8-10-16(11-9-14)17-15-6-4-3-5-7-15;1-10(2)4-3-5-11-6-8-12(13)9-7-11;1-9(2)7-11-8-10-5-3-4-6-12(10)13-11;1-8(2)6-10-4-5-11(12)9(3)7-10;1-9(2)3-4-10-5-7-11(12)8-6-10;2*1-8(2)7-9-3-5-10(11)6-4-9;1-9(2)8-10-6-4-3-5-7-10;1-7(2)8-3-5-9(10)6-4-8;1-7(2)6-9-5-4-8(3)10-9;1-7(2)6-8-4-3-5-9-8/h3-10,12H,11H2,1-2H3;3-11,13H,12H2,1-2H3;6-10H,3-5H2,1-2H3;3-6,8-9H,7H2,1-2H3;4-5,7-8H,6H2,1-3H3;5-9H,3-4H2,1-2H3;2*3-6,8H,7H2,1-2H3;9-10H,3-8H2,1-2H3;3-7H,1-2H3;4-5,7H,6H2,1-3H3;3-5,7H,6H2,1-2H3. The molecule has 1 fully saturated rings. The van der Waals surface area contributed by atoms with Crippen LogP contribution in [-0.2, 0) is 64.2 Å². The van der Waals surface area contributed by atoms with Gasteiger partial charge in [0.15, 0.2) is 0 Å². The Morgan fingerprint density at radius 2 is 0.676 bits per heavy atom. The van der Waals surface area contributed by atoms with Crippen molar-refractivity contribution in [1.82, 2.24) is 0 Å². The van der Waals surface area contributed by atoms with E-state index in [4.69, 9.17) is 9.15 Å². The van der Waals surface area contributed by atoms with Crippen molar-refractivity contribution >= 4 is 32.8 Å². The lowest BCUT2D eigenvalue weighted by Crippen LogP contribution is -2.08. The summed E-state index contributed by atoms with van der Waals surface area (Å²) < 4.78 is 100. The summed E-state index contributed by atoms with van der Waals surface area (Å²) in [7, 11) is 0. The molecule has 11 heteroatoms. The summed E-state index contributed by atoms with van der Waals surface area (Å²) in [5.41, 5.74) is 12.9. The minimum absolute atomic E-state index is 0.109. The lowest BCUT2D eigenvalue weighted by molar-refractivity contribution is 0.305. The molecule has 2 nitrogen and oxygen atoms in total. The maximum Gasteiger partial charge on any atom is 0.127 e. The van der Waals surface area contributed by atoms with Gasteiger partial charge in [-0.05, 0) is 373 Å². The molecule has 14 aromatic rings. The highest BCUT2D eigenvalue weighted by molar-refractivity contribution is 7.19. The van der Waals surface area contributed by atoms with Crippen molar-refractivity contribution in [2.24, 2.45) is 71.0 Å². The number of hydrogen-bond donors (Lipinski definition) is 0. The molecule has 1 aliphatic rings. The third-order valence-corrected chi connectivity index (χ3v) is 25.2. The maximum atomic E-state index is 12.8. The highest BCUT2D eigenvalue weighted by Gasteiger charge is 2.15. The van der Waals surface area contributed by atoms with Crippen LogP contribution in [0.4, 0.5) is 30.7 Å². The number of rotatable bonds is 29. The molecule has 0 saturated heterocycles. The Kier molecular flexibility index (Phi) is 63.8. The maximum absolute atomic E-state index is 12.8. The molecule has 0 N–H and O–H groups in total. The number of hydrogen-bond acceptors (Lipinski definition) is 4. The molecule has 0 spiro atoms. The van der Waals surface area contributed by atoms with Crippen molar-refractivity contribution < 1.29 is 39.9 Å². The summed E-state index contributed by atoms with van der Waals surface area (Å²) in [6.45, 7) is 56.8. The molecule has 0 amide bonds. The zero-order valence-electron chi connectivity index (χ0n) is 93.1. The van der Waals surface area contributed by atoms with Gasteiger partial charge in [-0.2, -0.15) is 0 Å². The quantitative estimate of drug-likeness (QED) is 0.0436. The topological polar surface area (TPSA) is 22.4 Å². The van der Waals surface area contributed by atoms with E-state index in [-0.39, 0.29) is 40.7 Å². The van der Waals surface area contributed by atoms with Crippen LogP contribution in [0.25, 0.3) is 21.2 Å². The number of thiophene rings is 2. The molecule has 0 atom stereocenters. The molecule has 1 saturated carbocycles. The summed E-state index contributed by atoms with van der Waals surface area (Å²) in [6.07, 6.45) is 23.5. The Morgan fingerprint density at radius 1 is 0.303 bits per heavy atom. The molecule has 11 aromatic carbocycles. The lowest BCUT2D eigenvalue weighted by atomic mass is 9.84. The molecular weight excluding hydrogens is 1840 g/mol. The molecular formula is C134H179F7O2S2. The fourth-order valence-corrected chi connectivity index (χ4v) is 18.2. The lowest BCUT2D eigenvalue weighted by Gasteiger charge is -2.22. The third-order valence-electron chi connectivity index (χ3n) is 23.1. The average molecular weight is 2020 g/mol. The fraction of sp³-hybridized carbons (Fsp3) is 0.433. The van der Waals surface area contributed by atoms with Crippen LogP contribution in [0, 0.1) is 126 Å². The van der Waals surface area contributed by atoms with Crippen molar-refractivity contribution in [2.45, 2.75) is 308 Å². The number of benzene rings is 11. The largest absolute Gasteiger partial charge is 0.466 e. The molecule has 15 rings (SSSR count). The van der Waals surface area contributed by atoms with Gasteiger partial charge in [-0.1, -0.05) is 368 Å². The summed E-state index contributed by atoms with van der Waals surface area (Å²) in [5, 5.41) is 3.53. The van der Waals surface area contributed by atoms with E-state index in [9.17, 15) is 30.7 Å². The molecule has 788 valence electrons. The molecule has 3 heterocycles. The van der Waals surface area contributed by atoms with Crippen LogP contribution in [0.1, 0.15) is 301 Å². The number of ether oxygens (including phenoxy) is 1. The van der Waals surface area contributed by atoms with Crippen LogP contribution in [0.15, 0.2) is 307 Å². The average Bonchev–Trinajstić information content (AvgIpc) is 1.64. The summed E-state index contributed by atoms with van der Waals surface area (Å²) >= 11 is 3.78. The van der Waals surface area contributed by atoms with Crippen molar-refractivity contribution in [2.75, 3.05) is 0 Å². The SMILES string of the molecule is CC(C)CC1CCCCC1.CC(C)CCCc1ccc(F)cc1.CC(C)CCc1ccc(F)cc1.CC(C)Cc1cc2ccccc2s1.CC(C)Cc1ccc(-c2ccc(F)cc2)cc1.CC(C)Cc1ccc(F)cc1.CC(C)Cc1ccc(F)cc1.CC(C)Cc1ccc(Oc2ccccc2)cc1.CC(C)Cc1cccs1.CC(C)c1ccc(F)cc1.Cc1cc(CC(C)C)ccc1F.Cc1ccc(CC(C)C)o1. The molecule has 0 aliphatic heterocycles. The second-order valence-electron chi connectivity index (χ2n) is 43.5. The number of furan rings is 1. The van der Waals surface area contributed by atoms with Crippen LogP contribution in [0.5, 0.6) is 11.5 Å². The Hall–Kier alpha value is -10.3. The summed E-state index contributed by atoms with van der Waals surface area (Å²) in [4.78, 5) is 3.02. The van der Waals surface area contributed by atoms with E-state index in [0.29, 0.717) is 41.4 Å². The van der Waals surface area contributed by atoms with Crippen LogP contribution >= 0.6 is 22.7 Å². The number of para-hydroxylation sites is 1. The first-order valence-corrected chi connectivity index (χ1v) is 55.3. The van der Waals surface area contributed by atoms with Crippen LogP contribution in [0.2, 0.25) is 0 Å². The van der Waals surface area contributed by atoms with Crippen molar-refractivity contribution in [3.8, 4) is 22.6 Å². The van der Waals surface area contributed by atoms with Gasteiger partial charge in [-0.3, -0.25) is 0 Å². The summed E-state index contributed by atoms with van der Waals surface area (Å²) in [6, 6.07) is 91.6. The number of halogens is 7. The second-order valence-corrected chi connectivity index (χ2v) is 45.7. The van der Waals surface area contributed by atoms with E-state index in [1.54, 1.807) is 13.0 Å². The van der Waals surface area contributed by atoms with Gasteiger partial charge < -0.3 is 9.15 Å². The van der Waals surface area contributed by atoms with Gasteiger partial charge in [-0.25, -0.2) is 30.7 Å². The minimum atomic E-state index is -0.190. The van der Waals surface area contributed by atoms with Crippen molar-refractivity contribution in [1.29, 1.82) is 0 Å². The zero-order chi connectivity index (χ0) is 107. The Labute approximate surface area is 882 Å². The van der Waals surface area contributed by atoms with E-state index >= 15 is 0 Å². The minimum Gasteiger partial charge on any atom is -0.466 e. The predicted molar refractivity (Wildman–Crippen MR) is 617 cm³/mol. The highest BCUT2D eigenvalue weighted by Crippen LogP contribution is 2.31. The third kappa shape index (κ3) is 62.4. The molecule has 0 unspecified atom stereocenters. The van der Waals surface area contributed by atoms with Gasteiger partial charge in [0.25, 0.3) is 0 Å². The van der Waals surface area contributed by atoms with Crippen molar-refractivity contribution in [3.05, 3.63) is 415 Å². The summed E-state index contributed by atoms with van der Waals surface area (Å²) in [5.74, 6) is 12.3. The second kappa shape index (κ2) is 72.9. The first-order chi connectivity index (χ1) is 68.9. The van der Waals surface area contributed by atoms with Crippen molar-refractivity contribution in [3.63, 3.8) is 0 Å². The first kappa shape index (κ1) is 127. The number of fused-ring (bicyclic) bond motifs is 1. The van der Waals surface area contributed by atoms with E-state index in [2.05, 4.69) is 256 Å². The Morgan fingerprint density at radius 3 is 1.07 bits per heavy atom. The van der Waals surface area contributed by atoms with Gasteiger partial charge in [0.05, 0.1) is 0 Å². The van der Waals surface area contributed by atoms with Gasteiger partial charge in [-0.15, -0.1) is 22.7 Å². The smallest absolute Gasteiger partial charge is 0.127 e. The molecule has 145 heavy (non-hydrogen) atoms. The van der Waals surface area contributed by atoms with Gasteiger partial charge in [0, 0.05) is 20.9 Å². The normalized spacial score (nSPS) is 11.5. The monoisotopic (exact) mass is 2020 g/mol. The van der Waals surface area contributed by atoms with Crippen LogP contribution in [-0.4, -0.2) is 0 Å². The van der Waals surface area contributed by atoms with E-state index in [0.717, 1.165) is 127 Å². The molecule has 1 aliphatic carbocycles. The molecule has 3 aromatic heterocycles. The van der Waals surface area contributed by atoms with Crippen LogP contribution in [0.3, 0.4) is 0 Å². The zero-order valence-corrected chi connectivity index (χ0v) is 94.7. The van der Waals surface area contributed by atoms with E-state index in [1.807, 2.05) is 163 Å².